The maximum Gasteiger partial charge on any atom is 0.197 e. The van der Waals surface area contributed by atoms with Crippen molar-refractivity contribution < 1.29 is 13.6 Å². The lowest BCUT2D eigenvalue weighted by atomic mass is 10.1. The average Bonchev–Trinajstić information content (AvgIpc) is 3.07. The minimum Gasteiger partial charge on any atom is -0.464 e. The largest absolute Gasteiger partial charge is 0.464 e. The van der Waals surface area contributed by atoms with Crippen LogP contribution in [0.3, 0.4) is 0 Å². The first-order chi connectivity index (χ1) is 9.28. The van der Waals surface area contributed by atoms with Crippen LogP contribution in [0.2, 0.25) is 0 Å². The van der Waals surface area contributed by atoms with E-state index in [0.29, 0.717) is 12.2 Å². The standard InChI is InChI=1S/C16H14O3/c1-2-3-14(17)16-9-13(10-19-16)11-4-5-15-12(8-11)6-7-18-15/h4-10H,2-3H2,1H3. The van der Waals surface area contributed by atoms with Crippen LogP contribution in [0.5, 0.6) is 0 Å². The SMILES string of the molecule is CCCC(=O)c1cc(-c2ccc3occc3c2)co1. The highest BCUT2D eigenvalue weighted by Crippen LogP contribution is 2.27. The van der Waals surface area contributed by atoms with Crippen molar-refractivity contribution >= 4 is 16.8 Å². The Labute approximate surface area is 110 Å². The number of benzene rings is 1. The second kappa shape index (κ2) is 4.76. The van der Waals surface area contributed by atoms with Crippen LogP contribution >= 0.6 is 0 Å². The molecule has 0 amide bonds. The molecule has 0 aliphatic carbocycles. The Morgan fingerprint density at radius 1 is 1.11 bits per heavy atom. The fourth-order valence-electron chi connectivity index (χ4n) is 2.13. The summed E-state index contributed by atoms with van der Waals surface area (Å²) >= 11 is 0. The minimum absolute atomic E-state index is 0.0538. The maximum absolute atomic E-state index is 11.8. The molecule has 3 aromatic rings. The zero-order valence-electron chi connectivity index (χ0n) is 10.7. The number of Topliss-reactive ketones (excluding diaryl/α,β-unsaturated/α-hetero) is 1. The number of hydrogen-bond donors (Lipinski definition) is 0. The second-order valence-corrected chi connectivity index (χ2v) is 4.55. The van der Waals surface area contributed by atoms with E-state index in [4.69, 9.17) is 8.83 Å². The molecule has 1 aromatic carbocycles. The Morgan fingerprint density at radius 2 is 2.00 bits per heavy atom. The second-order valence-electron chi connectivity index (χ2n) is 4.55. The van der Waals surface area contributed by atoms with Crippen LogP contribution in [0.15, 0.2) is 51.7 Å². The van der Waals surface area contributed by atoms with Gasteiger partial charge in [0.15, 0.2) is 11.5 Å². The van der Waals surface area contributed by atoms with Crippen LogP contribution in [-0.4, -0.2) is 5.78 Å². The quantitative estimate of drug-likeness (QED) is 0.635. The van der Waals surface area contributed by atoms with Crippen molar-refractivity contribution in [2.75, 3.05) is 0 Å². The van der Waals surface area contributed by atoms with Gasteiger partial charge in [-0.1, -0.05) is 13.0 Å². The van der Waals surface area contributed by atoms with E-state index in [2.05, 4.69) is 0 Å². The average molecular weight is 254 g/mol. The highest BCUT2D eigenvalue weighted by Gasteiger charge is 2.11. The van der Waals surface area contributed by atoms with E-state index in [-0.39, 0.29) is 5.78 Å². The van der Waals surface area contributed by atoms with Gasteiger partial charge in [-0.05, 0) is 36.2 Å². The first kappa shape index (κ1) is 11.8. The third kappa shape index (κ3) is 2.19. The molecule has 0 saturated heterocycles. The van der Waals surface area contributed by atoms with Gasteiger partial charge in [-0.25, -0.2) is 0 Å². The fourth-order valence-corrected chi connectivity index (χ4v) is 2.13. The van der Waals surface area contributed by atoms with Crippen molar-refractivity contribution in [1.82, 2.24) is 0 Å². The summed E-state index contributed by atoms with van der Waals surface area (Å²) in [7, 11) is 0. The minimum atomic E-state index is 0.0538. The maximum atomic E-state index is 11.8. The molecule has 2 aromatic heterocycles. The summed E-state index contributed by atoms with van der Waals surface area (Å²) in [6, 6.07) is 9.63. The third-order valence-corrected chi connectivity index (χ3v) is 3.14. The van der Waals surface area contributed by atoms with Gasteiger partial charge >= 0.3 is 0 Å². The first-order valence-electron chi connectivity index (χ1n) is 6.37. The van der Waals surface area contributed by atoms with E-state index in [0.717, 1.165) is 28.5 Å². The molecular weight excluding hydrogens is 240 g/mol. The normalized spacial score (nSPS) is 11.0. The van der Waals surface area contributed by atoms with Gasteiger partial charge in [0.2, 0.25) is 0 Å². The number of furan rings is 2. The summed E-state index contributed by atoms with van der Waals surface area (Å²) in [5, 5.41) is 1.04. The number of fused-ring (bicyclic) bond motifs is 1. The van der Waals surface area contributed by atoms with E-state index >= 15 is 0 Å². The van der Waals surface area contributed by atoms with Gasteiger partial charge < -0.3 is 8.83 Å². The van der Waals surface area contributed by atoms with E-state index in [1.54, 1.807) is 18.6 Å². The lowest BCUT2D eigenvalue weighted by Gasteiger charge is -1.96. The van der Waals surface area contributed by atoms with Crippen molar-refractivity contribution in [2.45, 2.75) is 19.8 Å². The van der Waals surface area contributed by atoms with Gasteiger partial charge in [0.25, 0.3) is 0 Å². The van der Waals surface area contributed by atoms with E-state index in [1.807, 2.05) is 31.2 Å². The highest BCUT2D eigenvalue weighted by atomic mass is 16.3. The number of ketones is 1. The topological polar surface area (TPSA) is 43.4 Å². The van der Waals surface area contributed by atoms with Crippen LogP contribution in [0.4, 0.5) is 0 Å². The molecule has 96 valence electrons. The Morgan fingerprint density at radius 3 is 2.84 bits per heavy atom. The zero-order chi connectivity index (χ0) is 13.2. The fraction of sp³-hybridized carbons (Fsp3) is 0.188. The number of carbonyl (C=O) groups excluding carboxylic acids is 1. The summed E-state index contributed by atoms with van der Waals surface area (Å²) in [5.74, 6) is 0.488. The number of carbonyl (C=O) groups is 1. The molecule has 0 saturated carbocycles. The van der Waals surface area contributed by atoms with Crippen LogP contribution in [0, 0.1) is 0 Å². The summed E-state index contributed by atoms with van der Waals surface area (Å²) in [6.07, 6.45) is 4.65. The number of hydrogen-bond acceptors (Lipinski definition) is 3. The van der Waals surface area contributed by atoms with Crippen molar-refractivity contribution in [2.24, 2.45) is 0 Å². The van der Waals surface area contributed by atoms with E-state index < -0.39 is 0 Å². The van der Waals surface area contributed by atoms with Crippen LogP contribution in [-0.2, 0) is 0 Å². The van der Waals surface area contributed by atoms with Gasteiger partial charge in [0, 0.05) is 17.4 Å². The van der Waals surface area contributed by atoms with Crippen molar-refractivity contribution in [1.29, 1.82) is 0 Å². The molecule has 0 N–H and O–H groups in total. The Hall–Kier alpha value is -2.29. The summed E-state index contributed by atoms with van der Waals surface area (Å²) in [6.45, 7) is 1.98. The molecule has 2 heterocycles. The van der Waals surface area contributed by atoms with Gasteiger partial charge in [0.1, 0.15) is 5.58 Å². The first-order valence-corrected chi connectivity index (χ1v) is 6.37. The lowest BCUT2D eigenvalue weighted by Crippen LogP contribution is -1.94. The molecule has 0 radical (unpaired) electrons. The molecule has 0 unspecified atom stereocenters. The molecular formula is C16H14O3. The van der Waals surface area contributed by atoms with Crippen molar-refractivity contribution in [3.8, 4) is 11.1 Å². The van der Waals surface area contributed by atoms with Crippen molar-refractivity contribution in [3.63, 3.8) is 0 Å². The third-order valence-electron chi connectivity index (χ3n) is 3.14. The molecule has 0 atom stereocenters. The van der Waals surface area contributed by atoms with Gasteiger partial charge in [-0.2, -0.15) is 0 Å². The molecule has 3 heteroatoms. The molecule has 3 rings (SSSR count). The molecule has 0 bridgehead atoms. The molecule has 3 nitrogen and oxygen atoms in total. The molecule has 0 fully saturated rings. The van der Waals surface area contributed by atoms with Crippen LogP contribution in [0.1, 0.15) is 30.3 Å². The summed E-state index contributed by atoms with van der Waals surface area (Å²) < 4.78 is 10.7. The van der Waals surface area contributed by atoms with Crippen LogP contribution in [0.25, 0.3) is 22.1 Å². The molecule has 19 heavy (non-hydrogen) atoms. The van der Waals surface area contributed by atoms with Gasteiger partial charge in [0.05, 0.1) is 12.5 Å². The van der Waals surface area contributed by atoms with E-state index in [9.17, 15) is 4.79 Å². The molecule has 0 aliphatic heterocycles. The van der Waals surface area contributed by atoms with Gasteiger partial charge in [-0.3, -0.25) is 4.79 Å². The smallest absolute Gasteiger partial charge is 0.197 e. The number of rotatable bonds is 4. The Kier molecular flexibility index (Phi) is 2.95. The highest BCUT2D eigenvalue weighted by molar-refractivity contribution is 5.95. The lowest BCUT2D eigenvalue weighted by molar-refractivity contribution is 0.0955. The van der Waals surface area contributed by atoms with Crippen LogP contribution < -0.4 is 0 Å². The zero-order valence-corrected chi connectivity index (χ0v) is 10.7. The Balaban J connectivity index is 1.95. The predicted octanol–water partition coefficient (Wildman–Crippen LogP) is 4.68. The predicted molar refractivity (Wildman–Crippen MR) is 73.2 cm³/mol. The summed E-state index contributed by atoms with van der Waals surface area (Å²) in [5.41, 5.74) is 2.80. The Bertz CT molecular complexity index is 718. The monoisotopic (exact) mass is 254 g/mol. The molecule has 0 spiro atoms. The molecule has 0 aliphatic rings. The summed E-state index contributed by atoms with van der Waals surface area (Å²) in [4.78, 5) is 11.8. The van der Waals surface area contributed by atoms with Gasteiger partial charge in [-0.15, -0.1) is 0 Å². The van der Waals surface area contributed by atoms with E-state index in [1.165, 1.54) is 0 Å². The van der Waals surface area contributed by atoms with Crippen molar-refractivity contribution in [3.05, 3.63) is 48.6 Å².